The molecule has 186 valence electrons. The van der Waals surface area contributed by atoms with E-state index in [1.165, 1.54) is 0 Å². The molecule has 4 rings (SSSR count). The molecule has 1 atom stereocenters. The molecule has 0 fully saturated rings. The summed E-state index contributed by atoms with van der Waals surface area (Å²) >= 11 is 0. The minimum Gasteiger partial charge on any atom is -0.497 e. The van der Waals surface area contributed by atoms with Gasteiger partial charge < -0.3 is 9.64 Å². The van der Waals surface area contributed by atoms with Crippen LogP contribution in [0, 0.1) is 12.8 Å². The lowest BCUT2D eigenvalue weighted by Gasteiger charge is -2.33. The van der Waals surface area contributed by atoms with Gasteiger partial charge in [0.2, 0.25) is 0 Å². The second kappa shape index (κ2) is 10.8. The smallest absolute Gasteiger partial charge is 0.266 e. The minimum absolute atomic E-state index is 0.118. The van der Waals surface area contributed by atoms with E-state index in [1.807, 2.05) is 73.3 Å². The lowest BCUT2D eigenvalue weighted by molar-refractivity contribution is 0.0631. The third-order valence-electron chi connectivity index (χ3n) is 6.29. The van der Waals surface area contributed by atoms with Gasteiger partial charge in [0.05, 0.1) is 29.7 Å². The molecule has 0 aliphatic rings. The molecule has 1 aromatic heterocycles. The van der Waals surface area contributed by atoms with Gasteiger partial charge in [-0.15, -0.1) is 0 Å². The average Bonchev–Trinajstić information content (AvgIpc) is 2.89. The van der Waals surface area contributed by atoms with Crippen molar-refractivity contribution in [1.29, 1.82) is 0 Å². The Balaban J connectivity index is 1.94. The number of hydrogen-bond donors (Lipinski definition) is 0. The average molecular weight is 484 g/mol. The Morgan fingerprint density at radius 2 is 1.75 bits per heavy atom. The molecule has 1 unspecified atom stereocenters. The summed E-state index contributed by atoms with van der Waals surface area (Å²) in [5, 5.41) is 0.547. The third kappa shape index (κ3) is 5.03. The van der Waals surface area contributed by atoms with Crippen molar-refractivity contribution < 1.29 is 9.53 Å². The summed E-state index contributed by atoms with van der Waals surface area (Å²) in [7, 11) is 1.59. The summed E-state index contributed by atoms with van der Waals surface area (Å²) < 4.78 is 7.03. The molecule has 0 saturated heterocycles. The Kier molecular flexibility index (Phi) is 7.53. The highest BCUT2D eigenvalue weighted by Gasteiger charge is 2.30. The van der Waals surface area contributed by atoms with Crippen LogP contribution in [0.15, 0.2) is 77.6 Å². The zero-order valence-corrected chi connectivity index (χ0v) is 21.6. The van der Waals surface area contributed by atoms with Crippen LogP contribution in [0.1, 0.15) is 55.0 Å². The molecule has 0 aliphatic carbocycles. The second-order valence-electron chi connectivity index (χ2n) is 9.47. The van der Waals surface area contributed by atoms with Crippen LogP contribution in [0.3, 0.4) is 0 Å². The SMILES string of the molecule is CCC(c1nc2ccccc2c(=O)n1-c1ccc(C)cc1)N(CC(C)C)C(=O)c1cccc(OC)c1. The van der Waals surface area contributed by atoms with Crippen molar-refractivity contribution >= 4 is 16.8 Å². The Morgan fingerprint density at radius 1 is 1.03 bits per heavy atom. The number of aryl methyl sites for hydroxylation is 1. The van der Waals surface area contributed by atoms with Crippen molar-refractivity contribution in [2.45, 2.75) is 40.2 Å². The fourth-order valence-corrected chi connectivity index (χ4v) is 4.53. The lowest BCUT2D eigenvalue weighted by Crippen LogP contribution is -2.40. The number of nitrogens with zero attached hydrogens (tertiary/aromatic N) is 3. The van der Waals surface area contributed by atoms with Gasteiger partial charge in [0.25, 0.3) is 11.5 Å². The van der Waals surface area contributed by atoms with Gasteiger partial charge in [0.15, 0.2) is 0 Å². The lowest BCUT2D eigenvalue weighted by atomic mass is 10.0. The molecule has 0 saturated carbocycles. The summed E-state index contributed by atoms with van der Waals surface area (Å²) in [6.07, 6.45) is 0.596. The highest BCUT2D eigenvalue weighted by Crippen LogP contribution is 2.29. The molecule has 6 nitrogen and oxygen atoms in total. The number of hydrogen-bond acceptors (Lipinski definition) is 4. The largest absolute Gasteiger partial charge is 0.497 e. The predicted octanol–water partition coefficient (Wildman–Crippen LogP) is 5.95. The molecule has 0 aliphatic heterocycles. The highest BCUT2D eigenvalue weighted by atomic mass is 16.5. The van der Waals surface area contributed by atoms with E-state index >= 15 is 0 Å². The third-order valence-corrected chi connectivity index (χ3v) is 6.29. The summed E-state index contributed by atoms with van der Waals surface area (Å²) in [5.74, 6) is 1.28. The van der Waals surface area contributed by atoms with Gasteiger partial charge in [-0.05, 0) is 61.7 Å². The molecule has 1 heterocycles. The monoisotopic (exact) mass is 483 g/mol. The first-order valence-corrected chi connectivity index (χ1v) is 12.4. The number of rotatable bonds is 8. The van der Waals surface area contributed by atoms with E-state index in [1.54, 1.807) is 29.9 Å². The van der Waals surface area contributed by atoms with E-state index in [0.717, 1.165) is 11.3 Å². The van der Waals surface area contributed by atoms with Crippen LogP contribution in [0.5, 0.6) is 5.75 Å². The first kappa shape index (κ1) is 25.2. The number of ether oxygens (including phenoxy) is 1. The standard InChI is InChI=1S/C30H33N3O3/c1-6-27(32(19-20(2)3)29(34)22-10-9-11-24(18-22)36-5)28-31-26-13-8-7-12-25(26)30(35)33(28)23-16-14-21(4)15-17-23/h7-18,20,27H,6,19H2,1-5H3. The van der Waals surface area contributed by atoms with Crippen molar-refractivity contribution in [3.05, 3.63) is 100 Å². The maximum atomic E-state index is 13.9. The summed E-state index contributed by atoms with van der Waals surface area (Å²) in [6.45, 7) is 8.72. The van der Waals surface area contributed by atoms with Crippen molar-refractivity contribution in [2.75, 3.05) is 13.7 Å². The van der Waals surface area contributed by atoms with Gasteiger partial charge in [-0.3, -0.25) is 14.2 Å². The van der Waals surface area contributed by atoms with Crippen molar-refractivity contribution in [3.8, 4) is 11.4 Å². The van der Waals surface area contributed by atoms with Gasteiger partial charge >= 0.3 is 0 Å². The first-order valence-electron chi connectivity index (χ1n) is 12.4. The Morgan fingerprint density at radius 3 is 2.42 bits per heavy atom. The molecular formula is C30H33N3O3. The molecule has 3 aromatic carbocycles. The second-order valence-corrected chi connectivity index (χ2v) is 9.47. The van der Waals surface area contributed by atoms with Gasteiger partial charge in [0.1, 0.15) is 11.6 Å². The minimum atomic E-state index is -0.412. The highest BCUT2D eigenvalue weighted by molar-refractivity contribution is 5.95. The van der Waals surface area contributed by atoms with Crippen molar-refractivity contribution in [1.82, 2.24) is 14.5 Å². The van der Waals surface area contributed by atoms with E-state index in [4.69, 9.17) is 9.72 Å². The Bertz CT molecular complexity index is 1420. The van der Waals surface area contributed by atoms with Crippen LogP contribution in [0.25, 0.3) is 16.6 Å². The van der Waals surface area contributed by atoms with E-state index in [0.29, 0.717) is 41.0 Å². The summed E-state index contributed by atoms with van der Waals surface area (Å²) in [4.78, 5) is 34.6. The van der Waals surface area contributed by atoms with Crippen LogP contribution < -0.4 is 10.3 Å². The van der Waals surface area contributed by atoms with Crippen LogP contribution in [-0.2, 0) is 0 Å². The van der Waals surface area contributed by atoms with Crippen LogP contribution in [-0.4, -0.2) is 34.0 Å². The zero-order valence-electron chi connectivity index (χ0n) is 21.6. The molecule has 6 heteroatoms. The first-order chi connectivity index (χ1) is 17.3. The number of benzene rings is 3. The van der Waals surface area contributed by atoms with Crippen LogP contribution in [0.4, 0.5) is 0 Å². The number of para-hydroxylation sites is 1. The normalized spacial score (nSPS) is 12.1. The van der Waals surface area contributed by atoms with Gasteiger partial charge in [-0.2, -0.15) is 0 Å². The van der Waals surface area contributed by atoms with E-state index in [-0.39, 0.29) is 17.4 Å². The molecule has 0 N–H and O–H groups in total. The number of amides is 1. The molecule has 4 aromatic rings. The summed E-state index contributed by atoms with van der Waals surface area (Å²) in [6, 6.07) is 22.0. The molecule has 1 amide bonds. The topological polar surface area (TPSA) is 64.4 Å². The van der Waals surface area contributed by atoms with Gasteiger partial charge in [0, 0.05) is 12.1 Å². The van der Waals surface area contributed by atoms with E-state index < -0.39 is 6.04 Å². The summed E-state index contributed by atoms with van der Waals surface area (Å²) in [5.41, 5.74) is 2.85. The van der Waals surface area contributed by atoms with Crippen LogP contribution >= 0.6 is 0 Å². The number of carbonyl (C=O) groups excluding carboxylic acids is 1. The van der Waals surface area contributed by atoms with Crippen molar-refractivity contribution in [3.63, 3.8) is 0 Å². The van der Waals surface area contributed by atoms with Crippen LogP contribution in [0.2, 0.25) is 0 Å². The number of methoxy groups -OCH3 is 1. The number of aromatic nitrogens is 2. The van der Waals surface area contributed by atoms with E-state index in [2.05, 4.69) is 13.8 Å². The van der Waals surface area contributed by atoms with E-state index in [9.17, 15) is 9.59 Å². The maximum absolute atomic E-state index is 13.9. The molecule has 0 spiro atoms. The van der Waals surface area contributed by atoms with Crippen molar-refractivity contribution in [2.24, 2.45) is 5.92 Å². The molecule has 0 radical (unpaired) electrons. The Labute approximate surface area is 212 Å². The quantitative estimate of drug-likeness (QED) is 0.311. The number of carbonyl (C=O) groups is 1. The van der Waals surface area contributed by atoms with Gasteiger partial charge in [-0.25, -0.2) is 4.98 Å². The predicted molar refractivity (Wildman–Crippen MR) is 144 cm³/mol. The zero-order chi connectivity index (χ0) is 25.8. The maximum Gasteiger partial charge on any atom is 0.266 e. The number of fused-ring (bicyclic) bond motifs is 1. The molecule has 0 bridgehead atoms. The fraction of sp³-hybridized carbons (Fsp3) is 0.300. The molecular weight excluding hydrogens is 450 g/mol. The fourth-order valence-electron chi connectivity index (χ4n) is 4.53. The van der Waals surface area contributed by atoms with Gasteiger partial charge in [-0.1, -0.05) is 56.7 Å². The Hall–Kier alpha value is -3.93. The molecule has 36 heavy (non-hydrogen) atoms.